The predicted molar refractivity (Wildman–Crippen MR) is 91.1 cm³/mol. The van der Waals surface area contributed by atoms with E-state index in [4.69, 9.17) is 5.73 Å². The molecule has 0 spiro atoms. The van der Waals surface area contributed by atoms with E-state index >= 15 is 0 Å². The SMILES string of the molecule is Cl.Cl.NC1CCCN(C(=O)c2cncn2-c2ccc(F)cc2)C1. The van der Waals surface area contributed by atoms with Gasteiger partial charge < -0.3 is 10.6 Å². The minimum absolute atomic E-state index is 0. The Balaban J connectivity index is 0.00000132. The summed E-state index contributed by atoms with van der Waals surface area (Å²) in [5, 5.41) is 0. The largest absolute Gasteiger partial charge is 0.336 e. The molecule has 1 atom stereocenters. The zero-order valence-electron chi connectivity index (χ0n) is 12.4. The number of piperidine rings is 1. The highest BCUT2D eigenvalue weighted by Crippen LogP contribution is 2.16. The number of hydrogen-bond donors (Lipinski definition) is 1. The van der Waals surface area contributed by atoms with Crippen LogP contribution in [0, 0.1) is 5.82 Å². The van der Waals surface area contributed by atoms with E-state index < -0.39 is 0 Å². The van der Waals surface area contributed by atoms with Crippen molar-refractivity contribution in [3.8, 4) is 5.69 Å². The number of likely N-dealkylation sites (tertiary alicyclic amines) is 1. The lowest BCUT2D eigenvalue weighted by atomic mass is 10.1. The minimum Gasteiger partial charge on any atom is -0.336 e. The van der Waals surface area contributed by atoms with Crippen LogP contribution >= 0.6 is 24.8 Å². The zero-order valence-corrected chi connectivity index (χ0v) is 14.0. The second-order valence-corrected chi connectivity index (χ2v) is 5.28. The highest BCUT2D eigenvalue weighted by molar-refractivity contribution is 5.93. The predicted octanol–water partition coefficient (Wildman–Crippen LogP) is 2.42. The van der Waals surface area contributed by atoms with Gasteiger partial charge in [-0.2, -0.15) is 0 Å². The smallest absolute Gasteiger partial charge is 0.272 e. The van der Waals surface area contributed by atoms with Crippen molar-refractivity contribution in [2.24, 2.45) is 5.73 Å². The summed E-state index contributed by atoms with van der Waals surface area (Å²) in [6.07, 6.45) is 4.95. The molecule has 1 amide bonds. The van der Waals surface area contributed by atoms with Gasteiger partial charge in [-0.15, -0.1) is 24.8 Å². The molecule has 1 fully saturated rings. The maximum atomic E-state index is 13.0. The molecule has 3 rings (SSSR count). The summed E-state index contributed by atoms with van der Waals surface area (Å²) in [7, 11) is 0. The fourth-order valence-corrected chi connectivity index (χ4v) is 2.62. The summed E-state index contributed by atoms with van der Waals surface area (Å²) >= 11 is 0. The molecule has 1 aromatic carbocycles. The molecule has 0 aliphatic carbocycles. The standard InChI is InChI=1S/C15H17FN4O.2ClH/c16-11-3-5-13(6-4-11)20-10-18-8-14(20)15(21)19-7-1-2-12(17)9-19;;/h3-6,8,10,12H,1-2,7,9,17H2;2*1H. The Bertz CT molecular complexity index is 647. The van der Waals surface area contributed by atoms with Crippen LogP contribution < -0.4 is 5.73 Å². The number of nitrogens with zero attached hydrogens (tertiary/aromatic N) is 3. The fraction of sp³-hybridized carbons (Fsp3) is 0.333. The molecule has 1 aliphatic heterocycles. The Morgan fingerprint density at radius 2 is 1.96 bits per heavy atom. The fourth-order valence-electron chi connectivity index (χ4n) is 2.62. The molecule has 126 valence electrons. The lowest BCUT2D eigenvalue weighted by Crippen LogP contribution is -2.46. The number of benzene rings is 1. The molecule has 23 heavy (non-hydrogen) atoms. The number of imidazole rings is 1. The number of carbonyl (C=O) groups is 1. The minimum atomic E-state index is -0.311. The van der Waals surface area contributed by atoms with Crippen LogP contribution in [0.4, 0.5) is 4.39 Å². The van der Waals surface area contributed by atoms with Gasteiger partial charge in [0, 0.05) is 24.8 Å². The Hall–Kier alpha value is -1.63. The van der Waals surface area contributed by atoms with E-state index in [2.05, 4.69) is 4.98 Å². The third kappa shape index (κ3) is 4.22. The molecule has 5 nitrogen and oxygen atoms in total. The number of hydrogen-bond acceptors (Lipinski definition) is 3. The quantitative estimate of drug-likeness (QED) is 0.894. The molecule has 1 saturated heterocycles. The number of nitrogens with two attached hydrogens (primary N) is 1. The first-order chi connectivity index (χ1) is 10.1. The molecule has 1 aliphatic rings. The van der Waals surface area contributed by atoms with Crippen LogP contribution in [0.15, 0.2) is 36.8 Å². The van der Waals surface area contributed by atoms with Gasteiger partial charge in [0.05, 0.1) is 12.5 Å². The van der Waals surface area contributed by atoms with Crippen LogP contribution in [0.3, 0.4) is 0 Å². The van der Waals surface area contributed by atoms with Crippen molar-refractivity contribution in [2.75, 3.05) is 13.1 Å². The van der Waals surface area contributed by atoms with Crippen LogP contribution in [0.2, 0.25) is 0 Å². The second kappa shape index (κ2) is 8.29. The summed E-state index contributed by atoms with van der Waals surface area (Å²) in [5.41, 5.74) is 7.10. The topological polar surface area (TPSA) is 64.2 Å². The van der Waals surface area contributed by atoms with E-state index in [1.165, 1.54) is 18.3 Å². The molecule has 1 unspecified atom stereocenters. The Morgan fingerprint density at radius 3 is 2.61 bits per heavy atom. The monoisotopic (exact) mass is 360 g/mol. The number of halogens is 3. The lowest BCUT2D eigenvalue weighted by molar-refractivity contribution is 0.0700. The van der Waals surface area contributed by atoms with E-state index in [-0.39, 0.29) is 42.6 Å². The van der Waals surface area contributed by atoms with Gasteiger partial charge >= 0.3 is 0 Å². The van der Waals surface area contributed by atoms with Crippen molar-refractivity contribution >= 4 is 30.7 Å². The van der Waals surface area contributed by atoms with Gasteiger partial charge in [0.25, 0.3) is 5.91 Å². The molecule has 8 heteroatoms. The van der Waals surface area contributed by atoms with Crippen LogP contribution in [-0.4, -0.2) is 39.5 Å². The third-order valence-corrected chi connectivity index (χ3v) is 3.71. The maximum absolute atomic E-state index is 13.0. The normalized spacial score (nSPS) is 17.1. The van der Waals surface area contributed by atoms with E-state index in [1.807, 2.05) is 0 Å². The van der Waals surface area contributed by atoms with Crippen molar-refractivity contribution in [2.45, 2.75) is 18.9 Å². The summed E-state index contributed by atoms with van der Waals surface area (Å²) < 4.78 is 14.7. The average molecular weight is 361 g/mol. The van der Waals surface area contributed by atoms with Crippen molar-refractivity contribution in [3.05, 3.63) is 48.3 Å². The molecule has 2 aromatic rings. The summed E-state index contributed by atoms with van der Waals surface area (Å²) in [6.45, 7) is 1.27. The molecular formula is C15H19Cl2FN4O. The number of amides is 1. The number of carbonyl (C=O) groups excluding carboxylic acids is 1. The van der Waals surface area contributed by atoms with Gasteiger partial charge in [-0.1, -0.05) is 0 Å². The Morgan fingerprint density at radius 1 is 1.26 bits per heavy atom. The van der Waals surface area contributed by atoms with Crippen LogP contribution in [0.1, 0.15) is 23.3 Å². The average Bonchev–Trinajstić information content (AvgIpc) is 2.96. The Labute approximate surface area is 146 Å². The molecule has 1 aromatic heterocycles. The van der Waals surface area contributed by atoms with E-state index in [0.29, 0.717) is 24.5 Å². The first kappa shape index (κ1) is 19.4. The first-order valence-corrected chi connectivity index (χ1v) is 6.98. The van der Waals surface area contributed by atoms with Crippen LogP contribution in [0.25, 0.3) is 5.69 Å². The lowest BCUT2D eigenvalue weighted by Gasteiger charge is -2.30. The number of aromatic nitrogens is 2. The zero-order chi connectivity index (χ0) is 14.8. The number of rotatable bonds is 2. The van der Waals surface area contributed by atoms with Gasteiger partial charge in [0.2, 0.25) is 0 Å². The highest BCUT2D eigenvalue weighted by atomic mass is 35.5. The summed E-state index contributed by atoms with van der Waals surface area (Å²) in [5.74, 6) is -0.402. The summed E-state index contributed by atoms with van der Waals surface area (Å²) in [4.78, 5) is 18.4. The molecule has 0 saturated carbocycles. The molecule has 2 heterocycles. The molecule has 0 radical (unpaired) electrons. The van der Waals surface area contributed by atoms with Gasteiger partial charge in [-0.05, 0) is 37.1 Å². The molecule has 0 bridgehead atoms. The van der Waals surface area contributed by atoms with Gasteiger partial charge in [-0.3, -0.25) is 9.36 Å². The van der Waals surface area contributed by atoms with Crippen molar-refractivity contribution in [1.82, 2.24) is 14.5 Å². The van der Waals surface area contributed by atoms with Crippen LogP contribution in [-0.2, 0) is 0 Å². The Kier molecular flexibility index (Phi) is 7.00. The molecule has 2 N–H and O–H groups in total. The van der Waals surface area contributed by atoms with E-state index in [9.17, 15) is 9.18 Å². The van der Waals surface area contributed by atoms with E-state index in [1.54, 1.807) is 27.9 Å². The third-order valence-electron chi connectivity index (χ3n) is 3.71. The van der Waals surface area contributed by atoms with Crippen molar-refractivity contribution < 1.29 is 9.18 Å². The van der Waals surface area contributed by atoms with Gasteiger partial charge in [0.1, 0.15) is 11.5 Å². The first-order valence-electron chi connectivity index (χ1n) is 6.98. The van der Waals surface area contributed by atoms with Gasteiger partial charge in [0.15, 0.2) is 0 Å². The molecular weight excluding hydrogens is 342 g/mol. The maximum Gasteiger partial charge on any atom is 0.272 e. The highest BCUT2D eigenvalue weighted by Gasteiger charge is 2.24. The van der Waals surface area contributed by atoms with Gasteiger partial charge in [-0.25, -0.2) is 9.37 Å². The second-order valence-electron chi connectivity index (χ2n) is 5.28. The van der Waals surface area contributed by atoms with Crippen LogP contribution in [0.5, 0.6) is 0 Å². The summed E-state index contributed by atoms with van der Waals surface area (Å²) in [6, 6.07) is 6.00. The van der Waals surface area contributed by atoms with E-state index in [0.717, 1.165) is 12.8 Å². The van der Waals surface area contributed by atoms with Crippen molar-refractivity contribution in [1.29, 1.82) is 0 Å². The van der Waals surface area contributed by atoms with Crippen molar-refractivity contribution in [3.63, 3.8) is 0 Å².